The third-order valence-corrected chi connectivity index (χ3v) is 4.16. The fourth-order valence-corrected chi connectivity index (χ4v) is 2.23. The van der Waals surface area contributed by atoms with Crippen molar-refractivity contribution in [2.45, 2.75) is 84.9 Å². The van der Waals surface area contributed by atoms with Crippen LogP contribution in [0.5, 0.6) is 0 Å². The molecule has 0 fully saturated rings. The number of carbonyl (C=O) groups is 1. The summed E-state index contributed by atoms with van der Waals surface area (Å²) >= 11 is 0. The second kappa shape index (κ2) is 7.43. The SMILES string of the molecule is CCC(CC)(C(=O)OC(C)(C)C)c1noc(CN(C)C(C)C)n1. The van der Waals surface area contributed by atoms with Crippen LogP contribution in [0.1, 0.15) is 73.0 Å². The van der Waals surface area contributed by atoms with Crippen molar-refractivity contribution in [1.82, 2.24) is 15.0 Å². The largest absolute Gasteiger partial charge is 0.459 e. The maximum absolute atomic E-state index is 12.7. The molecule has 1 aromatic heterocycles. The molecule has 0 amide bonds. The van der Waals surface area contributed by atoms with E-state index in [9.17, 15) is 4.79 Å². The third kappa shape index (κ3) is 4.77. The van der Waals surface area contributed by atoms with Gasteiger partial charge in [0.2, 0.25) is 5.89 Å². The summed E-state index contributed by atoms with van der Waals surface area (Å²) in [6.45, 7) is 14.2. The van der Waals surface area contributed by atoms with Crippen LogP contribution in [0.15, 0.2) is 4.52 Å². The van der Waals surface area contributed by atoms with Gasteiger partial charge in [-0.15, -0.1) is 0 Å². The van der Waals surface area contributed by atoms with Crippen molar-refractivity contribution in [2.75, 3.05) is 7.05 Å². The molecule has 0 aromatic carbocycles. The van der Waals surface area contributed by atoms with Gasteiger partial charge in [-0.3, -0.25) is 9.69 Å². The van der Waals surface area contributed by atoms with Crippen LogP contribution in [0.3, 0.4) is 0 Å². The van der Waals surface area contributed by atoms with Crippen molar-refractivity contribution in [1.29, 1.82) is 0 Å². The fourth-order valence-electron chi connectivity index (χ4n) is 2.23. The minimum absolute atomic E-state index is 0.292. The first kappa shape index (κ1) is 19.6. The van der Waals surface area contributed by atoms with E-state index >= 15 is 0 Å². The van der Waals surface area contributed by atoms with E-state index in [1.54, 1.807) is 0 Å². The van der Waals surface area contributed by atoms with Crippen LogP contribution in [0.4, 0.5) is 0 Å². The Morgan fingerprint density at radius 1 is 1.26 bits per heavy atom. The van der Waals surface area contributed by atoms with Crippen LogP contribution >= 0.6 is 0 Å². The molecular weight excluding hydrogens is 294 g/mol. The first-order chi connectivity index (χ1) is 10.6. The van der Waals surface area contributed by atoms with Gasteiger partial charge in [-0.05, 0) is 54.5 Å². The average molecular weight is 325 g/mol. The number of hydrogen-bond acceptors (Lipinski definition) is 6. The van der Waals surface area contributed by atoms with Gasteiger partial charge in [0.15, 0.2) is 5.82 Å². The van der Waals surface area contributed by atoms with Gasteiger partial charge in [-0.25, -0.2) is 0 Å². The van der Waals surface area contributed by atoms with E-state index in [4.69, 9.17) is 9.26 Å². The van der Waals surface area contributed by atoms with E-state index in [0.717, 1.165) is 0 Å². The molecule has 0 saturated heterocycles. The molecule has 0 bridgehead atoms. The Hall–Kier alpha value is -1.43. The number of nitrogens with zero attached hydrogens (tertiary/aromatic N) is 3. The summed E-state index contributed by atoms with van der Waals surface area (Å²) in [5.41, 5.74) is -1.40. The highest BCUT2D eigenvalue weighted by molar-refractivity contribution is 5.82. The summed E-state index contributed by atoms with van der Waals surface area (Å²) in [6.07, 6.45) is 1.13. The molecule has 0 atom stereocenters. The first-order valence-corrected chi connectivity index (χ1v) is 8.32. The molecule has 0 aliphatic carbocycles. The summed E-state index contributed by atoms with van der Waals surface area (Å²) in [4.78, 5) is 19.3. The van der Waals surface area contributed by atoms with Crippen molar-refractivity contribution in [3.63, 3.8) is 0 Å². The highest BCUT2D eigenvalue weighted by Gasteiger charge is 2.44. The molecule has 6 heteroatoms. The number of hydrogen-bond donors (Lipinski definition) is 0. The summed E-state index contributed by atoms with van der Waals surface area (Å²) in [5.74, 6) is 0.648. The molecule has 0 aliphatic heterocycles. The summed E-state index contributed by atoms with van der Waals surface area (Å²) in [7, 11) is 2.00. The lowest BCUT2D eigenvalue weighted by atomic mass is 9.81. The smallest absolute Gasteiger partial charge is 0.320 e. The summed E-state index contributed by atoms with van der Waals surface area (Å²) in [5, 5.41) is 4.08. The van der Waals surface area contributed by atoms with Gasteiger partial charge >= 0.3 is 5.97 Å². The van der Waals surface area contributed by atoms with Gasteiger partial charge in [-0.1, -0.05) is 19.0 Å². The van der Waals surface area contributed by atoms with Gasteiger partial charge in [0.1, 0.15) is 11.0 Å². The summed E-state index contributed by atoms with van der Waals surface area (Å²) < 4.78 is 11.0. The van der Waals surface area contributed by atoms with E-state index in [-0.39, 0.29) is 5.97 Å². The fraction of sp³-hybridized carbons (Fsp3) is 0.824. The van der Waals surface area contributed by atoms with Crippen molar-refractivity contribution >= 4 is 5.97 Å². The Morgan fingerprint density at radius 2 is 1.83 bits per heavy atom. The van der Waals surface area contributed by atoms with Crippen molar-refractivity contribution in [3.8, 4) is 0 Å². The van der Waals surface area contributed by atoms with E-state index in [1.807, 2.05) is 41.7 Å². The monoisotopic (exact) mass is 325 g/mol. The quantitative estimate of drug-likeness (QED) is 0.716. The Balaban J connectivity index is 3.06. The zero-order valence-electron chi connectivity index (χ0n) is 15.8. The van der Waals surface area contributed by atoms with Crippen molar-refractivity contribution < 1.29 is 14.1 Å². The van der Waals surface area contributed by atoms with E-state index in [0.29, 0.717) is 37.1 Å². The van der Waals surface area contributed by atoms with Gasteiger partial charge in [0, 0.05) is 6.04 Å². The number of esters is 1. The normalized spacial score (nSPS) is 13.0. The van der Waals surface area contributed by atoms with Crippen molar-refractivity contribution in [3.05, 3.63) is 11.7 Å². The standard InChI is InChI=1S/C17H31N3O3/c1-9-17(10-2,15(21)22-16(5,6)7)14-18-13(23-19-14)11-20(8)12(3)4/h12H,9-11H2,1-8H3. The van der Waals surface area contributed by atoms with Crippen molar-refractivity contribution in [2.24, 2.45) is 0 Å². The van der Waals surface area contributed by atoms with Gasteiger partial charge in [0.25, 0.3) is 0 Å². The zero-order valence-corrected chi connectivity index (χ0v) is 15.8. The number of aromatic nitrogens is 2. The van der Waals surface area contributed by atoms with E-state index in [2.05, 4.69) is 28.9 Å². The molecule has 0 unspecified atom stereocenters. The molecule has 132 valence electrons. The molecule has 6 nitrogen and oxygen atoms in total. The van der Waals surface area contributed by atoms with Crippen LogP contribution < -0.4 is 0 Å². The molecule has 1 heterocycles. The summed E-state index contributed by atoms with van der Waals surface area (Å²) in [6, 6.07) is 0.373. The van der Waals surface area contributed by atoms with Crippen LogP contribution in [0.25, 0.3) is 0 Å². The maximum atomic E-state index is 12.7. The maximum Gasteiger partial charge on any atom is 0.320 e. The van der Waals surface area contributed by atoms with Gasteiger partial charge in [0.05, 0.1) is 6.54 Å². The molecular formula is C17H31N3O3. The van der Waals surface area contributed by atoms with E-state index < -0.39 is 11.0 Å². The minimum Gasteiger partial charge on any atom is -0.459 e. The highest BCUT2D eigenvalue weighted by atomic mass is 16.6. The minimum atomic E-state index is -0.856. The van der Waals surface area contributed by atoms with E-state index in [1.165, 1.54) is 0 Å². The number of carbonyl (C=O) groups excluding carboxylic acids is 1. The second-order valence-electron chi connectivity index (χ2n) is 7.31. The Kier molecular flexibility index (Phi) is 6.33. The zero-order chi connectivity index (χ0) is 17.8. The third-order valence-electron chi connectivity index (χ3n) is 4.16. The predicted octanol–water partition coefficient (Wildman–Crippen LogP) is 3.31. The molecule has 23 heavy (non-hydrogen) atoms. The Labute approximate surface area is 139 Å². The molecule has 1 rings (SSSR count). The van der Waals surface area contributed by atoms with Gasteiger partial charge < -0.3 is 9.26 Å². The predicted molar refractivity (Wildman–Crippen MR) is 89.0 cm³/mol. The lowest BCUT2D eigenvalue weighted by Crippen LogP contribution is -2.41. The Bertz CT molecular complexity index is 513. The first-order valence-electron chi connectivity index (χ1n) is 8.32. The molecule has 0 radical (unpaired) electrons. The van der Waals surface area contributed by atoms with Gasteiger partial charge in [-0.2, -0.15) is 4.98 Å². The second-order valence-corrected chi connectivity index (χ2v) is 7.31. The average Bonchev–Trinajstić information content (AvgIpc) is 2.87. The van der Waals surface area contributed by atoms with Crippen LogP contribution in [-0.4, -0.2) is 39.7 Å². The van der Waals surface area contributed by atoms with Crippen LogP contribution in [-0.2, 0) is 21.5 Å². The molecule has 0 N–H and O–H groups in total. The topological polar surface area (TPSA) is 68.5 Å². The highest BCUT2D eigenvalue weighted by Crippen LogP contribution is 2.33. The van der Waals surface area contributed by atoms with Crippen LogP contribution in [0, 0.1) is 0 Å². The Morgan fingerprint density at radius 3 is 2.26 bits per heavy atom. The lowest BCUT2D eigenvalue weighted by Gasteiger charge is -2.30. The number of ether oxygens (including phenoxy) is 1. The molecule has 0 spiro atoms. The lowest BCUT2D eigenvalue weighted by molar-refractivity contribution is -0.163. The molecule has 0 aliphatic rings. The molecule has 1 aromatic rings. The molecule has 0 saturated carbocycles. The number of rotatable bonds is 7. The van der Waals surface area contributed by atoms with Crippen LogP contribution in [0.2, 0.25) is 0 Å².